The second-order valence-corrected chi connectivity index (χ2v) is 8.59. The molecule has 1 saturated heterocycles. The van der Waals surface area contributed by atoms with Gasteiger partial charge in [-0.05, 0) is 47.9 Å². The molecule has 0 bridgehead atoms. The van der Waals surface area contributed by atoms with Crippen molar-refractivity contribution >= 4 is 33.4 Å². The van der Waals surface area contributed by atoms with E-state index in [0.717, 1.165) is 20.5 Å². The van der Waals surface area contributed by atoms with Crippen LogP contribution in [-0.2, 0) is 9.59 Å². The lowest BCUT2D eigenvalue weighted by molar-refractivity contribution is -0.857. The largest absolute Gasteiger partial charge is 0.872 e. The maximum atomic E-state index is 13.4. The van der Waals surface area contributed by atoms with Crippen molar-refractivity contribution in [3.05, 3.63) is 69.2 Å². The summed E-state index contributed by atoms with van der Waals surface area (Å²) >= 11 is 3.45. The molecule has 1 N–H and O–H groups in total. The summed E-state index contributed by atoms with van der Waals surface area (Å²) in [6, 6.07) is 11.7. The molecule has 1 fully saturated rings. The number of nitrogens with one attached hydrogen (secondary N) is 1. The number of aryl methyl sites for hydroxylation is 1. The first-order chi connectivity index (χ1) is 14.2. The van der Waals surface area contributed by atoms with Crippen molar-refractivity contribution in [1.82, 2.24) is 4.90 Å². The van der Waals surface area contributed by atoms with Crippen molar-refractivity contribution in [2.45, 2.75) is 13.0 Å². The number of carbonyl (C=O) groups is 2. The van der Waals surface area contributed by atoms with Gasteiger partial charge in [0.2, 0.25) is 5.78 Å². The van der Waals surface area contributed by atoms with Crippen molar-refractivity contribution in [3.8, 4) is 5.75 Å². The number of ketones is 1. The molecule has 30 heavy (non-hydrogen) atoms. The molecule has 2 aromatic carbocycles. The van der Waals surface area contributed by atoms with Gasteiger partial charge in [-0.3, -0.25) is 9.59 Å². The Kier molecular flexibility index (Phi) is 6.63. The normalized spacial score (nSPS) is 18.3. The Morgan fingerprint density at radius 2 is 1.93 bits per heavy atom. The number of carbonyl (C=O) groups excluding carboxylic acids is 2. The van der Waals surface area contributed by atoms with Crippen LogP contribution in [0.4, 0.5) is 0 Å². The highest BCUT2D eigenvalue weighted by atomic mass is 79.9. The summed E-state index contributed by atoms with van der Waals surface area (Å²) in [7, 11) is 5.52. The molecule has 6 nitrogen and oxygen atoms in total. The molecule has 1 aliphatic rings. The number of likely N-dealkylation sites (tertiary alicyclic amines) is 1. The maximum absolute atomic E-state index is 13.4. The van der Waals surface area contributed by atoms with Crippen LogP contribution in [0.15, 0.2) is 52.5 Å². The van der Waals surface area contributed by atoms with E-state index < -0.39 is 23.5 Å². The number of likely N-dealkylation sites (N-methyl/N-ethyl adjacent to an activating group) is 1. The molecule has 0 aromatic heterocycles. The molecule has 2 aromatic rings. The van der Waals surface area contributed by atoms with Crippen molar-refractivity contribution in [2.75, 3.05) is 34.3 Å². The van der Waals surface area contributed by atoms with E-state index in [1.807, 2.05) is 45.3 Å². The van der Waals surface area contributed by atoms with Gasteiger partial charge in [0.05, 0.1) is 40.3 Å². The third kappa shape index (κ3) is 4.27. The standard InChI is InChI=1S/C23H25BrN2O4/c1-14-12-16(8-9-18(14)30-4)21(27)19-20(15-6-5-7-17(24)13-15)26(11-10-25(2)3)23(29)22(19)28/h5-9,12-13,20,27H,10-11H2,1-4H3/b21-19+. The molecule has 1 aliphatic heterocycles. The third-order valence-electron chi connectivity index (χ3n) is 5.20. The second-order valence-electron chi connectivity index (χ2n) is 7.67. The summed E-state index contributed by atoms with van der Waals surface area (Å²) in [5, 5.41) is 13.4. The number of hydrogen-bond acceptors (Lipinski definition) is 4. The average molecular weight is 473 g/mol. The van der Waals surface area contributed by atoms with E-state index in [-0.39, 0.29) is 5.57 Å². The topological polar surface area (TPSA) is 74.1 Å². The van der Waals surface area contributed by atoms with Gasteiger partial charge in [-0.25, -0.2) is 0 Å². The highest BCUT2D eigenvalue weighted by molar-refractivity contribution is 9.10. The smallest absolute Gasteiger partial charge is 0.295 e. The molecular formula is C23H25BrN2O4. The number of ether oxygens (including phenoxy) is 1. The maximum Gasteiger partial charge on any atom is 0.295 e. The van der Waals surface area contributed by atoms with Gasteiger partial charge in [-0.2, -0.15) is 0 Å². The van der Waals surface area contributed by atoms with Gasteiger partial charge in [-0.1, -0.05) is 39.9 Å². The van der Waals surface area contributed by atoms with Crippen LogP contribution in [-0.4, -0.2) is 50.9 Å². The number of nitrogens with zero attached hydrogens (tertiary/aromatic N) is 1. The first-order valence-electron chi connectivity index (χ1n) is 9.70. The van der Waals surface area contributed by atoms with E-state index in [0.29, 0.717) is 24.4 Å². The van der Waals surface area contributed by atoms with Crippen LogP contribution < -0.4 is 14.7 Å². The number of benzene rings is 2. The fourth-order valence-electron chi connectivity index (χ4n) is 3.64. The number of methoxy groups -OCH3 is 1. The average Bonchev–Trinajstić information content (AvgIpc) is 2.96. The Morgan fingerprint density at radius 3 is 2.53 bits per heavy atom. The Bertz CT molecular complexity index is 1020. The Labute approximate surface area is 184 Å². The molecule has 158 valence electrons. The van der Waals surface area contributed by atoms with E-state index >= 15 is 0 Å². The molecule has 3 rings (SSSR count). The van der Waals surface area contributed by atoms with Crippen LogP contribution in [0.2, 0.25) is 0 Å². The predicted molar refractivity (Wildman–Crippen MR) is 116 cm³/mol. The van der Waals surface area contributed by atoms with Gasteiger partial charge < -0.3 is 19.6 Å². The second kappa shape index (κ2) is 9.02. The van der Waals surface area contributed by atoms with E-state index in [1.165, 1.54) is 4.90 Å². The number of amides is 1. The summed E-state index contributed by atoms with van der Waals surface area (Å²) in [6.45, 7) is 2.87. The quantitative estimate of drug-likeness (QED) is 0.388. The minimum absolute atomic E-state index is 0.00331. The lowest BCUT2D eigenvalue weighted by Crippen LogP contribution is -3.06. The van der Waals surface area contributed by atoms with Crippen LogP contribution in [0.25, 0.3) is 5.76 Å². The van der Waals surface area contributed by atoms with Crippen LogP contribution in [0.5, 0.6) is 5.75 Å². The van der Waals surface area contributed by atoms with E-state index in [2.05, 4.69) is 15.9 Å². The van der Waals surface area contributed by atoms with Crippen molar-refractivity contribution in [1.29, 1.82) is 0 Å². The van der Waals surface area contributed by atoms with Gasteiger partial charge in [-0.15, -0.1) is 0 Å². The molecule has 0 radical (unpaired) electrons. The number of halogens is 1. The molecule has 1 unspecified atom stereocenters. The SMILES string of the molecule is COc1ccc(/C([O-])=C2\C(=O)C(=O)N(CC[NH+](C)C)C2c2cccc(Br)c2)cc1C. The Hall–Kier alpha value is -2.64. The predicted octanol–water partition coefficient (Wildman–Crippen LogP) is 1.13. The van der Waals surface area contributed by atoms with Crippen LogP contribution >= 0.6 is 15.9 Å². The first-order valence-corrected chi connectivity index (χ1v) is 10.5. The number of hydrogen-bond donors (Lipinski definition) is 1. The van der Waals surface area contributed by atoms with E-state index in [9.17, 15) is 14.7 Å². The summed E-state index contributed by atoms with van der Waals surface area (Å²) in [6.07, 6.45) is 0. The van der Waals surface area contributed by atoms with Gasteiger partial charge in [0, 0.05) is 10.0 Å². The monoisotopic (exact) mass is 472 g/mol. The minimum Gasteiger partial charge on any atom is -0.872 e. The fraction of sp³-hybridized carbons (Fsp3) is 0.304. The highest BCUT2D eigenvalue weighted by Gasteiger charge is 2.44. The molecule has 1 heterocycles. The summed E-state index contributed by atoms with van der Waals surface area (Å²) < 4.78 is 6.08. The molecule has 0 saturated carbocycles. The third-order valence-corrected chi connectivity index (χ3v) is 5.70. The fourth-order valence-corrected chi connectivity index (χ4v) is 4.06. The Balaban J connectivity index is 2.16. The molecule has 0 spiro atoms. The number of Topliss-reactive ketones (excluding diaryl/α,β-unsaturated/α-hetero) is 1. The molecule has 1 amide bonds. The summed E-state index contributed by atoms with van der Waals surface area (Å²) in [5.74, 6) is -1.13. The zero-order valence-corrected chi connectivity index (χ0v) is 19.1. The van der Waals surface area contributed by atoms with E-state index in [1.54, 1.807) is 25.3 Å². The van der Waals surface area contributed by atoms with Crippen molar-refractivity contribution in [3.63, 3.8) is 0 Å². The van der Waals surface area contributed by atoms with Crippen LogP contribution in [0.3, 0.4) is 0 Å². The molecule has 7 heteroatoms. The lowest BCUT2D eigenvalue weighted by atomic mass is 9.95. The van der Waals surface area contributed by atoms with Crippen molar-refractivity contribution < 1.29 is 24.3 Å². The highest BCUT2D eigenvalue weighted by Crippen LogP contribution is 2.39. The summed E-state index contributed by atoms with van der Waals surface area (Å²) in [4.78, 5) is 28.5. The molecule has 1 atom stereocenters. The van der Waals surface area contributed by atoms with Gasteiger partial charge in [0.15, 0.2) is 0 Å². The molecular weight excluding hydrogens is 448 g/mol. The first kappa shape index (κ1) is 22.1. The molecule has 0 aliphatic carbocycles. The summed E-state index contributed by atoms with van der Waals surface area (Å²) in [5.41, 5.74) is 1.87. The Morgan fingerprint density at radius 1 is 1.20 bits per heavy atom. The minimum atomic E-state index is -0.729. The lowest BCUT2D eigenvalue weighted by Gasteiger charge is -2.28. The van der Waals surface area contributed by atoms with Crippen LogP contribution in [0, 0.1) is 6.92 Å². The van der Waals surface area contributed by atoms with Crippen molar-refractivity contribution in [2.24, 2.45) is 0 Å². The van der Waals surface area contributed by atoms with Crippen LogP contribution in [0.1, 0.15) is 22.7 Å². The zero-order valence-electron chi connectivity index (χ0n) is 17.5. The van der Waals surface area contributed by atoms with E-state index in [4.69, 9.17) is 4.74 Å². The number of quaternary nitrogens is 1. The van der Waals surface area contributed by atoms with Gasteiger partial charge in [0.1, 0.15) is 5.75 Å². The number of rotatable bonds is 6. The van der Waals surface area contributed by atoms with Gasteiger partial charge in [0.25, 0.3) is 5.91 Å². The zero-order chi connectivity index (χ0) is 22.0. The van der Waals surface area contributed by atoms with Gasteiger partial charge >= 0.3 is 0 Å².